The summed E-state index contributed by atoms with van der Waals surface area (Å²) in [5.41, 5.74) is 6.40. The molecule has 8 heteroatoms. The first-order chi connectivity index (χ1) is 11.5. The lowest BCUT2D eigenvalue weighted by Crippen LogP contribution is -2.49. The van der Waals surface area contributed by atoms with Crippen LogP contribution in [0.25, 0.3) is 11.0 Å². The molecule has 6 nitrogen and oxygen atoms in total. The van der Waals surface area contributed by atoms with E-state index in [0.717, 1.165) is 6.20 Å². The van der Waals surface area contributed by atoms with Gasteiger partial charge in [-0.15, -0.1) is 0 Å². The number of likely N-dealkylation sites (tertiary alicyclic amines) is 1. The highest BCUT2D eigenvalue weighted by Gasteiger charge is 2.29. The number of pyridine rings is 2. The van der Waals surface area contributed by atoms with Crippen molar-refractivity contribution in [3.8, 4) is 5.88 Å². The molecular formula is C16H20F2N4O2. The third kappa shape index (κ3) is 3.31. The number of fused-ring (bicyclic) bond motifs is 1. The Morgan fingerprint density at radius 3 is 3.00 bits per heavy atom. The van der Waals surface area contributed by atoms with E-state index < -0.39 is 24.1 Å². The van der Waals surface area contributed by atoms with E-state index in [1.54, 1.807) is 17.0 Å². The number of methoxy groups -OCH3 is 1. The largest absolute Gasteiger partial charge is 0.481 e. The van der Waals surface area contributed by atoms with Crippen molar-refractivity contribution >= 4 is 11.0 Å². The van der Waals surface area contributed by atoms with Crippen LogP contribution in [0.3, 0.4) is 0 Å². The second kappa shape index (κ2) is 6.92. The predicted molar refractivity (Wildman–Crippen MR) is 84.9 cm³/mol. The van der Waals surface area contributed by atoms with Crippen LogP contribution in [0, 0.1) is 5.82 Å². The van der Waals surface area contributed by atoms with E-state index in [4.69, 9.17) is 10.5 Å². The summed E-state index contributed by atoms with van der Waals surface area (Å²) in [7, 11) is 1.45. The molecule has 0 aliphatic carbocycles. The van der Waals surface area contributed by atoms with E-state index >= 15 is 0 Å². The van der Waals surface area contributed by atoms with E-state index in [9.17, 15) is 13.9 Å². The summed E-state index contributed by atoms with van der Waals surface area (Å²) in [6.45, 7) is 0.779. The van der Waals surface area contributed by atoms with Gasteiger partial charge in [0.1, 0.15) is 17.5 Å². The number of aromatic nitrogens is 2. The summed E-state index contributed by atoms with van der Waals surface area (Å²) in [5.74, 6) is -0.350. The fourth-order valence-electron chi connectivity index (χ4n) is 2.96. The number of rotatable bonds is 4. The molecule has 24 heavy (non-hydrogen) atoms. The monoisotopic (exact) mass is 338 g/mol. The van der Waals surface area contributed by atoms with Gasteiger partial charge in [0.05, 0.1) is 24.9 Å². The fourth-order valence-corrected chi connectivity index (χ4v) is 2.96. The maximum atomic E-state index is 14.3. The molecule has 1 aliphatic rings. The number of aliphatic hydroxyl groups excluding tert-OH is 1. The van der Waals surface area contributed by atoms with Crippen LogP contribution in [0.5, 0.6) is 5.88 Å². The number of ether oxygens (including phenoxy) is 1. The molecular weight excluding hydrogens is 318 g/mol. The maximum Gasteiger partial charge on any atom is 0.213 e. The van der Waals surface area contributed by atoms with Crippen LogP contribution in [0.15, 0.2) is 18.3 Å². The van der Waals surface area contributed by atoms with Crippen molar-refractivity contribution < 1.29 is 18.6 Å². The Morgan fingerprint density at radius 1 is 1.50 bits per heavy atom. The summed E-state index contributed by atoms with van der Waals surface area (Å²) >= 11 is 0. The molecule has 1 fully saturated rings. The van der Waals surface area contributed by atoms with Crippen molar-refractivity contribution in [1.82, 2.24) is 14.9 Å². The quantitative estimate of drug-likeness (QED) is 0.871. The molecule has 1 aliphatic heterocycles. The Morgan fingerprint density at radius 2 is 2.29 bits per heavy atom. The Kier molecular flexibility index (Phi) is 4.88. The van der Waals surface area contributed by atoms with Gasteiger partial charge in [0, 0.05) is 30.8 Å². The number of β-amino-alcohol motifs (C(OH)–C–C–N with tert-alkyl or cyclic N) is 1. The smallest absolute Gasteiger partial charge is 0.213 e. The first-order valence-corrected chi connectivity index (χ1v) is 7.78. The van der Waals surface area contributed by atoms with E-state index in [2.05, 4.69) is 9.97 Å². The van der Waals surface area contributed by atoms with Gasteiger partial charge in [0.2, 0.25) is 5.88 Å². The van der Waals surface area contributed by atoms with Gasteiger partial charge in [0.25, 0.3) is 0 Å². The molecule has 3 unspecified atom stereocenters. The van der Waals surface area contributed by atoms with E-state index in [0.29, 0.717) is 24.4 Å². The van der Waals surface area contributed by atoms with Crippen LogP contribution in [-0.2, 0) is 0 Å². The van der Waals surface area contributed by atoms with Gasteiger partial charge < -0.3 is 15.6 Å². The van der Waals surface area contributed by atoms with Crippen LogP contribution in [0.1, 0.15) is 18.1 Å². The standard InChI is InChI=1S/C16H20F2N4O2/c1-24-14-3-2-12-16(21-14)15(9(17)6-20-12)13(23)8-22-5-4-11(19)10(18)7-22/h2-3,6,10-11,13,23H,4-5,7-8,19H2,1H3. The highest BCUT2D eigenvalue weighted by Crippen LogP contribution is 2.27. The number of nitrogens with zero attached hydrogens (tertiary/aromatic N) is 3. The molecule has 0 radical (unpaired) electrons. The summed E-state index contributed by atoms with van der Waals surface area (Å²) in [5, 5.41) is 10.5. The lowest BCUT2D eigenvalue weighted by atomic mass is 10.0. The highest BCUT2D eigenvalue weighted by atomic mass is 19.1. The van der Waals surface area contributed by atoms with Crippen molar-refractivity contribution in [2.24, 2.45) is 5.73 Å². The van der Waals surface area contributed by atoms with Crippen LogP contribution in [-0.4, -0.2) is 58.9 Å². The molecule has 0 aromatic carbocycles. The number of alkyl halides is 1. The Bertz CT molecular complexity index is 731. The van der Waals surface area contributed by atoms with Crippen molar-refractivity contribution in [3.05, 3.63) is 29.7 Å². The van der Waals surface area contributed by atoms with Gasteiger partial charge in [-0.25, -0.2) is 13.8 Å². The van der Waals surface area contributed by atoms with Gasteiger partial charge in [-0.05, 0) is 19.0 Å². The molecule has 2 aromatic heterocycles. The number of hydrogen-bond acceptors (Lipinski definition) is 6. The number of halogens is 2. The molecule has 3 rings (SSSR count). The minimum absolute atomic E-state index is 0.0455. The normalized spacial score (nSPS) is 23.4. The zero-order valence-electron chi connectivity index (χ0n) is 13.3. The summed E-state index contributed by atoms with van der Waals surface area (Å²) in [6.07, 6.45) is -0.751. The zero-order valence-corrected chi connectivity index (χ0v) is 13.3. The lowest BCUT2D eigenvalue weighted by Gasteiger charge is -2.34. The Hall–Kier alpha value is -1.90. The first-order valence-electron chi connectivity index (χ1n) is 7.78. The van der Waals surface area contributed by atoms with E-state index in [-0.39, 0.29) is 24.2 Å². The van der Waals surface area contributed by atoms with Crippen LogP contribution < -0.4 is 10.5 Å². The van der Waals surface area contributed by atoms with Crippen molar-refractivity contribution in [1.29, 1.82) is 0 Å². The van der Waals surface area contributed by atoms with Gasteiger partial charge in [0.15, 0.2) is 0 Å². The van der Waals surface area contributed by atoms with Gasteiger partial charge >= 0.3 is 0 Å². The van der Waals surface area contributed by atoms with Gasteiger partial charge in [-0.1, -0.05) is 0 Å². The Balaban J connectivity index is 1.88. The lowest BCUT2D eigenvalue weighted by molar-refractivity contribution is 0.0636. The predicted octanol–water partition coefficient (Wildman–Crippen LogP) is 1.18. The van der Waals surface area contributed by atoms with E-state index in [1.807, 2.05) is 0 Å². The topological polar surface area (TPSA) is 84.5 Å². The summed E-state index contributed by atoms with van der Waals surface area (Å²) < 4.78 is 33.1. The molecule has 3 heterocycles. The average molecular weight is 338 g/mol. The minimum Gasteiger partial charge on any atom is -0.481 e. The minimum atomic E-state index is -1.16. The van der Waals surface area contributed by atoms with Crippen molar-refractivity contribution in [2.45, 2.75) is 24.7 Å². The number of hydrogen-bond donors (Lipinski definition) is 2. The third-order valence-electron chi connectivity index (χ3n) is 4.33. The molecule has 3 N–H and O–H groups in total. The van der Waals surface area contributed by atoms with Crippen molar-refractivity contribution in [3.63, 3.8) is 0 Å². The number of nitrogens with two attached hydrogens (primary N) is 1. The molecule has 2 aromatic rings. The number of aliphatic hydroxyl groups is 1. The number of piperidine rings is 1. The zero-order chi connectivity index (χ0) is 17.3. The summed E-state index contributed by atoms with van der Waals surface area (Å²) in [4.78, 5) is 9.91. The molecule has 130 valence electrons. The molecule has 1 saturated heterocycles. The van der Waals surface area contributed by atoms with Crippen LogP contribution in [0.2, 0.25) is 0 Å². The Labute approximate surface area is 138 Å². The summed E-state index contributed by atoms with van der Waals surface area (Å²) in [6, 6.07) is 2.78. The van der Waals surface area contributed by atoms with Gasteiger partial charge in [-0.3, -0.25) is 9.88 Å². The van der Waals surface area contributed by atoms with Crippen LogP contribution >= 0.6 is 0 Å². The molecule has 0 bridgehead atoms. The van der Waals surface area contributed by atoms with Crippen LogP contribution in [0.4, 0.5) is 8.78 Å². The average Bonchev–Trinajstić information content (AvgIpc) is 2.57. The molecule has 0 saturated carbocycles. The first kappa shape index (κ1) is 16.9. The molecule has 3 atom stereocenters. The maximum absolute atomic E-state index is 14.3. The second-order valence-electron chi connectivity index (χ2n) is 5.99. The molecule has 0 amide bonds. The SMILES string of the molecule is COc1ccc2ncc(F)c(C(O)CN3CCC(N)C(F)C3)c2n1. The third-order valence-corrected chi connectivity index (χ3v) is 4.33. The highest BCUT2D eigenvalue weighted by molar-refractivity contribution is 5.78. The van der Waals surface area contributed by atoms with Crippen molar-refractivity contribution in [2.75, 3.05) is 26.7 Å². The van der Waals surface area contributed by atoms with Gasteiger partial charge in [-0.2, -0.15) is 0 Å². The molecule has 0 spiro atoms. The second-order valence-corrected chi connectivity index (χ2v) is 5.99. The van der Waals surface area contributed by atoms with E-state index in [1.165, 1.54) is 7.11 Å². The fraction of sp³-hybridized carbons (Fsp3) is 0.500.